The Balaban J connectivity index is 1.75. The van der Waals surface area contributed by atoms with Crippen molar-refractivity contribution < 1.29 is 9.90 Å². The maximum atomic E-state index is 11.9. The Morgan fingerprint density at radius 2 is 2.17 bits per heavy atom. The summed E-state index contributed by atoms with van der Waals surface area (Å²) in [6.07, 6.45) is 1.85. The molecule has 1 aliphatic rings. The third-order valence-corrected chi connectivity index (χ3v) is 3.46. The van der Waals surface area contributed by atoms with Crippen molar-refractivity contribution in [3.8, 4) is 5.75 Å². The molecule has 1 aromatic rings. The first-order valence-electron chi connectivity index (χ1n) is 6.46. The van der Waals surface area contributed by atoms with E-state index in [1.54, 1.807) is 12.1 Å². The smallest absolute Gasteiger partial charge is 0.237 e. The number of carbonyl (C=O) groups is 1. The van der Waals surface area contributed by atoms with Crippen LogP contribution in [0.3, 0.4) is 0 Å². The van der Waals surface area contributed by atoms with E-state index in [1.807, 2.05) is 12.1 Å². The number of nitrogens with one attached hydrogen (secondary N) is 2. The number of hydrogen-bond donors (Lipinski definition) is 3. The summed E-state index contributed by atoms with van der Waals surface area (Å²) in [6.45, 7) is 3.66. The van der Waals surface area contributed by atoms with Crippen LogP contribution < -0.4 is 10.6 Å². The van der Waals surface area contributed by atoms with Gasteiger partial charge in [0, 0.05) is 6.54 Å². The molecular weight excluding hydrogens is 228 g/mol. The number of rotatable bonds is 4. The van der Waals surface area contributed by atoms with Crippen molar-refractivity contribution in [2.24, 2.45) is 5.92 Å². The van der Waals surface area contributed by atoms with Gasteiger partial charge in [0.1, 0.15) is 5.75 Å². The van der Waals surface area contributed by atoms with Gasteiger partial charge in [-0.15, -0.1) is 0 Å². The van der Waals surface area contributed by atoms with Crippen LogP contribution in [0.4, 0.5) is 0 Å². The molecule has 2 unspecified atom stereocenters. The molecule has 1 aromatic carbocycles. The molecule has 98 valence electrons. The lowest BCUT2D eigenvalue weighted by atomic mass is 10.0. The molecule has 4 nitrogen and oxygen atoms in total. The van der Waals surface area contributed by atoms with Crippen LogP contribution in [0.25, 0.3) is 0 Å². The second-order valence-electron chi connectivity index (χ2n) is 4.91. The van der Waals surface area contributed by atoms with Crippen molar-refractivity contribution >= 4 is 5.91 Å². The van der Waals surface area contributed by atoms with Crippen LogP contribution >= 0.6 is 0 Å². The monoisotopic (exact) mass is 248 g/mol. The Kier molecular flexibility index (Phi) is 4.20. The molecule has 0 bridgehead atoms. The number of hydrogen-bond acceptors (Lipinski definition) is 3. The Hall–Kier alpha value is -1.55. The first-order valence-corrected chi connectivity index (χ1v) is 6.46. The molecule has 4 heteroatoms. The van der Waals surface area contributed by atoms with Gasteiger partial charge < -0.3 is 15.7 Å². The van der Waals surface area contributed by atoms with Crippen LogP contribution in [0.5, 0.6) is 5.75 Å². The summed E-state index contributed by atoms with van der Waals surface area (Å²) in [5, 5.41) is 15.3. The van der Waals surface area contributed by atoms with Gasteiger partial charge in [0.05, 0.1) is 6.04 Å². The molecule has 0 spiro atoms. The molecule has 0 aliphatic carbocycles. The Morgan fingerprint density at radius 1 is 1.44 bits per heavy atom. The van der Waals surface area contributed by atoms with Gasteiger partial charge in [-0.3, -0.25) is 4.79 Å². The van der Waals surface area contributed by atoms with E-state index >= 15 is 0 Å². The summed E-state index contributed by atoms with van der Waals surface area (Å²) >= 11 is 0. The van der Waals surface area contributed by atoms with Crippen molar-refractivity contribution in [1.29, 1.82) is 0 Å². The highest BCUT2D eigenvalue weighted by atomic mass is 16.3. The topological polar surface area (TPSA) is 61.4 Å². The largest absolute Gasteiger partial charge is 0.508 e. The van der Waals surface area contributed by atoms with E-state index in [2.05, 4.69) is 17.6 Å². The molecule has 18 heavy (non-hydrogen) atoms. The molecule has 3 N–H and O–H groups in total. The van der Waals surface area contributed by atoms with E-state index in [-0.39, 0.29) is 17.7 Å². The lowest BCUT2D eigenvalue weighted by Crippen LogP contribution is -2.43. The van der Waals surface area contributed by atoms with Crippen LogP contribution in [-0.2, 0) is 11.2 Å². The van der Waals surface area contributed by atoms with Crippen molar-refractivity contribution in [2.75, 3.05) is 13.1 Å². The van der Waals surface area contributed by atoms with Gasteiger partial charge >= 0.3 is 0 Å². The van der Waals surface area contributed by atoms with Crippen molar-refractivity contribution in [1.82, 2.24) is 10.6 Å². The summed E-state index contributed by atoms with van der Waals surface area (Å²) in [6, 6.07) is 7.04. The van der Waals surface area contributed by atoms with E-state index in [4.69, 9.17) is 5.11 Å². The Labute approximate surface area is 107 Å². The molecule has 0 radical (unpaired) electrons. The van der Waals surface area contributed by atoms with Crippen LogP contribution in [0, 0.1) is 5.92 Å². The lowest BCUT2D eigenvalue weighted by molar-refractivity contribution is -0.123. The predicted molar refractivity (Wildman–Crippen MR) is 70.4 cm³/mol. The van der Waals surface area contributed by atoms with Gasteiger partial charge in [-0.1, -0.05) is 19.1 Å². The number of phenolic OH excluding ortho intramolecular Hbond substituents is 1. The summed E-state index contributed by atoms with van der Waals surface area (Å²) in [5.41, 5.74) is 1.11. The quantitative estimate of drug-likeness (QED) is 0.746. The first-order chi connectivity index (χ1) is 8.66. The standard InChI is InChI=1S/C14H20N2O2/c1-10-6-8-15-13(10)14(18)16-9-7-11-2-4-12(17)5-3-11/h2-5,10,13,15,17H,6-9H2,1H3,(H,16,18). The van der Waals surface area contributed by atoms with Crippen molar-refractivity contribution in [2.45, 2.75) is 25.8 Å². The highest BCUT2D eigenvalue weighted by Crippen LogP contribution is 2.14. The van der Waals surface area contributed by atoms with Gasteiger partial charge in [-0.2, -0.15) is 0 Å². The molecular formula is C14H20N2O2. The average Bonchev–Trinajstić information content (AvgIpc) is 2.78. The van der Waals surface area contributed by atoms with Gasteiger partial charge in [-0.05, 0) is 43.0 Å². The maximum Gasteiger partial charge on any atom is 0.237 e. The Morgan fingerprint density at radius 3 is 2.78 bits per heavy atom. The molecule has 0 aromatic heterocycles. The number of benzene rings is 1. The van der Waals surface area contributed by atoms with Crippen LogP contribution in [0.1, 0.15) is 18.9 Å². The second kappa shape index (κ2) is 5.87. The number of amides is 1. The normalized spacial score (nSPS) is 22.9. The molecule has 1 fully saturated rings. The third-order valence-electron chi connectivity index (χ3n) is 3.46. The summed E-state index contributed by atoms with van der Waals surface area (Å²) in [4.78, 5) is 11.9. The van der Waals surface area contributed by atoms with Gasteiger partial charge in [0.2, 0.25) is 5.91 Å². The summed E-state index contributed by atoms with van der Waals surface area (Å²) in [7, 11) is 0. The summed E-state index contributed by atoms with van der Waals surface area (Å²) in [5.74, 6) is 0.782. The third kappa shape index (κ3) is 3.23. The molecule has 1 heterocycles. The zero-order valence-corrected chi connectivity index (χ0v) is 10.6. The van der Waals surface area contributed by atoms with E-state index in [9.17, 15) is 4.79 Å². The molecule has 1 amide bonds. The highest BCUT2D eigenvalue weighted by molar-refractivity contribution is 5.82. The highest BCUT2D eigenvalue weighted by Gasteiger charge is 2.28. The molecule has 1 saturated heterocycles. The van der Waals surface area contributed by atoms with Gasteiger partial charge in [0.25, 0.3) is 0 Å². The van der Waals surface area contributed by atoms with Crippen LogP contribution in [-0.4, -0.2) is 30.1 Å². The minimum absolute atomic E-state index is 0.0372. The first kappa shape index (κ1) is 12.9. The fourth-order valence-corrected chi connectivity index (χ4v) is 2.29. The minimum atomic E-state index is -0.0372. The maximum absolute atomic E-state index is 11.9. The van der Waals surface area contributed by atoms with Gasteiger partial charge in [0.15, 0.2) is 0 Å². The fourth-order valence-electron chi connectivity index (χ4n) is 2.29. The zero-order valence-electron chi connectivity index (χ0n) is 10.6. The lowest BCUT2D eigenvalue weighted by Gasteiger charge is -2.15. The van der Waals surface area contributed by atoms with Crippen LogP contribution in [0.2, 0.25) is 0 Å². The summed E-state index contributed by atoms with van der Waals surface area (Å²) < 4.78 is 0. The van der Waals surface area contributed by atoms with E-state index in [0.29, 0.717) is 12.5 Å². The number of carbonyl (C=O) groups excluding carboxylic acids is 1. The predicted octanol–water partition coefficient (Wildman–Crippen LogP) is 1.05. The van der Waals surface area contributed by atoms with E-state index in [1.165, 1.54) is 0 Å². The SMILES string of the molecule is CC1CCNC1C(=O)NCCc1ccc(O)cc1. The average molecular weight is 248 g/mol. The number of aromatic hydroxyl groups is 1. The van der Waals surface area contributed by atoms with Gasteiger partial charge in [-0.25, -0.2) is 0 Å². The molecule has 0 saturated carbocycles. The van der Waals surface area contributed by atoms with E-state index < -0.39 is 0 Å². The van der Waals surface area contributed by atoms with Crippen LogP contribution in [0.15, 0.2) is 24.3 Å². The second-order valence-corrected chi connectivity index (χ2v) is 4.91. The molecule has 1 aliphatic heterocycles. The van der Waals surface area contributed by atoms with Crippen molar-refractivity contribution in [3.05, 3.63) is 29.8 Å². The minimum Gasteiger partial charge on any atom is -0.508 e. The molecule has 2 rings (SSSR count). The zero-order chi connectivity index (χ0) is 13.0. The Bertz CT molecular complexity index is 403. The number of phenols is 1. The van der Waals surface area contributed by atoms with Crippen molar-refractivity contribution in [3.63, 3.8) is 0 Å². The molecule has 2 atom stereocenters. The van der Waals surface area contributed by atoms with E-state index in [0.717, 1.165) is 24.9 Å². The fraction of sp³-hybridized carbons (Fsp3) is 0.500.